The highest BCUT2D eigenvalue weighted by molar-refractivity contribution is 5.75. The molecule has 1 heterocycles. The molecular formula is C7H18O3Si. The standard InChI is InChI=1S/C7H14O3.H4Si/c1-3-8-7(9-4-2)6-5-10-6;/h6-7H,3-5H2,1-2H3;1H4. The molecule has 0 aromatic rings. The van der Waals surface area contributed by atoms with Crippen LogP contribution in [0, 0.1) is 0 Å². The van der Waals surface area contributed by atoms with Gasteiger partial charge in [-0.1, -0.05) is 0 Å². The van der Waals surface area contributed by atoms with Crippen LogP contribution >= 0.6 is 0 Å². The van der Waals surface area contributed by atoms with Crippen molar-refractivity contribution in [3.63, 3.8) is 0 Å². The van der Waals surface area contributed by atoms with Crippen molar-refractivity contribution in [2.45, 2.75) is 26.2 Å². The molecule has 0 bridgehead atoms. The second-order valence-corrected chi connectivity index (χ2v) is 2.15. The van der Waals surface area contributed by atoms with Gasteiger partial charge in [0.15, 0.2) is 6.29 Å². The molecule has 11 heavy (non-hydrogen) atoms. The van der Waals surface area contributed by atoms with Crippen molar-refractivity contribution >= 4 is 11.0 Å². The third-order valence-corrected chi connectivity index (χ3v) is 1.32. The molecule has 0 amide bonds. The second-order valence-electron chi connectivity index (χ2n) is 2.15. The summed E-state index contributed by atoms with van der Waals surface area (Å²) in [7, 11) is 0. The first-order chi connectivity index (χ1) is 4.88. The lowest BCUT2D eigenvalue weighted by Gasteiger charge is -2.13. The lowest BCUT2D eigenvalue weighted by molar-refractivity contribution is -0.147. The van der Waals surface area contributed by atoms with E-state index in [1.54, 1.807) is 0 Å². The van der Waals surface area contributed by atoms with Crippen molar-refractivity contribution in [2.75, 3.05) is 19.8 Å². The first-order valence-electron chi connectivity index (χ1n) is 3.73. The third-order valence-electron chi connectivity index (χ3n) is 1.32. The van der Waals surface area contributed by atoms with Gasteiger partial charge in [-0.05, 0) is 24.8 Å². The number of hydrogen-bond acceptors (Lipinski definition) is 3. The Balaban J connectivity index is 0.000001000. The average molecular weight is 178 g/mol. The van der Waals surface area contributed by atoms with E-state index >= 15 is 0 Å². The molecule has 1 atom stereocenters. The van der Waals surface area contributed by atoms with Crippen molar-refractivity contribution in [3.05, 3.63) is 0 Å². The first-order valence-corrected chi connectivity index (χ1v) is 3.73. The lowest BCUT2D eigenvalue weighted by atomic mass is 10.4. The molecule has 1 aliphatic rings. The summed E-state index contributed by atoms with van der Waals surface area (Å²) in [6, 6.07) is 0. The van der Waals surface area contributed by atoms with Gasteiger partial charge in [-0.15, -0.1) is 0 Å². The number of ether oxygens (including phenoxy) is 3. The summed E-state index contributed by atoms with van der Waals surface area (Å²) in [5.41, 5.74) is 0. The van der Waals surface area contributed by atoms with Gasteiger partial charge in [-0.2, -0.15) is 0 Å². The maximum atomic E-state index is 5.26. The highest BCUT2D eigenvalue weighted by atomic mass is 28.1. The molecule has 1 saturated heterocycles. The highest BCUT2D eigenvalue weighted by Crippen LogP contribution is 2.17. The minimum absolute atomic E-state index is 0. The Kier molecular flexibility index (Phi) is 5.76. The molecule has 0 aromatic heterocycles. The Labute approximate surface area is 72.0 Å². The zero-order valence-electron chi connectivity index (χ0n) is 6.50. The van der Waals surface area contributed by atoms with Crippen LogP contribution in [0.15, 0.2) is 0 Å². The smallest absolute Gasteiger partial charge is 0.185 e. The van der Waals surface area contributed by atoms with Gasteiger partial charge in [-0.3, -0.25) is 0 Å². The van der Waals surface area contributed by atoms with Crippen LogP contribution in [0.4, 0.5) is 0 Å². The zero-order valence-corrected chi connectivity index (χ0v) is 6.50. The third kappa shape index (κ3) is 3.86. The SMILES string of the molecule is CCOC(OCC)C1CO1.[SiH4]. The van der Waals surface area contributed by atoms with Crippen molar-refractivity contribution in [1.82, 2.24) is 0 Å². The summed E-state index contributed by atoms with van der Waals surface area (Å²) in [5, 5.41) is 0. The lowest BCUT2D eigenvalue weighted by Crippen LogP contribution is -2.23. The van der Waals surface area contributed by atoms with Gasteiger partial charge >= 0.3 is 0 Å². The largest absolute Gasteiger partial charge is 0.368 e. The summed E-state index contributed by atoms with van der Waals surface area (Å²) in [6.45, 7) is 6.06. The fourth-order valence-electron chi connectivity index (χ4n) is 0.804. The Bertz CT molecular complexity index is 89.7. The van der Waals surface area contributed by atoms with Gasteiger partial charge in [0, 0.05) is 13.2 Å². The van der Waals surface area contributed by atoms with Gasteiger partial charge in [0.1, 0.15) is 6.10 Å². The molecule has 3 nitrogen and oxygen atoms in total. The van der Waals surface area contributed by atoms with E-state index in [2.05, 4.69) is 0 Å². The van der Waals surface area contributed by atoms with E-state index < -0.39 is 0 Å². The fraction of sp³-hybridized carbons (Fsp3) is 1.00. The van der Waals surface area contributed by atoms with E-state index in [0.717, 1.165) is 6.61 Å². The summed E-state index contributed by atoms with van der Waals surface area (Å²) < 4.78 is 15.5. The van der Waals surface area contributed by atoms with Crippen LogP contribution in [-0.2, 0) is 14.2 Å². The van der Waals surface area contributed by atoms with E-state index in [0.29, 0.717) is 13.2 Å². The Morgan fingerprint density at radius 3 is 2.09 bits per heavy atom. The van der Waals surface area contributed by atoms with Gasteiger partial charge in [-0.25, -0.2) is 0 Å². The molecule has 0 radical (unpaired) electrons. The summed E-state index contributed by atoms with van der Waals surface area (Å²) in [6.07, 6.45) is 0.0647. The van der Waals surface area contributed by atoms with Gasteiger partial charge in [0.2, 0.25) is 0 Å². The Morgan fingerprint density at radius 2 is 1.82 bits per heavy atom. The van der Waals surface area contributed by atoms with E-state index in [-0.39, 0.29) is 23.4 Å². The van der Waals surface area contributed by atoms with Gasteiger partial charge in [0.05, 0.1) is 6.61 Å². The van der Waals surface area contributed by atoms with E-state index in [1.165, 1.54) is 0 Å². The van der Waals surface area contributed by atoms with E-state index in [4.69, 9.17) is 14.2 Å². The maximum absolute atomic E-state index is 5.26. The molecule has 0 spiro atoms. The minimum atomic E-state index is -0.130. The molecule has 68 valence electrons. The van der Waals surface area contributed by atoms with Crippen molar-refractivity contribution in [3.8, 4) is 0 Å². The normalized spacial score (nSPS) is 21.5. The molecule has 0 saturated carbocycles. The molecule has 1 unspecified atom stereocenters. The predicted octanol–water partition coefficient (Wildman–Crippen LogP) is -0.667. The summed E-state index contributed by atoms with van der Waals surface area (Å²) in [4.78, 5) is 0. The van der Waals surface area contributed by atoms with Crippen LogP contribution in [0.3, 0.4) is 0 Å². The van der Waals surface area contributed by atoms with Gasteiger partial charge in [0.25, 0.3) is 0 Å². The molecule has 1 fully saturated rings. The van der Waals surface area contributed by atoms with Crippen LogP contribution < -0.4 is 0 Å². The number of hydrogen-bond donors (Lipinski definition) is 0. The summed E-state index contributed by atoms with van der Waals surface area (Å²) >= 11 is 0. The highest BCUT2D eigenvalue weighted by Gasteiger charge is 2.33. The van der Waals surface area contributed by atoms with E-state index in [9.17, 15) is 0 Å². The van der Waals surface area contributed by atoms with Crippen LogP contribution in [0.1, 0.15) is 13.8 Å². The van der Waals surface area contributed by atoms with E-state index in [1.807, 2.05) is 13.8 Å². The Hall–Kier alpha value is 0.0969. The molecule has 0 aliphatic carbocycles. The van der Waals surface area contributed by atoms with Crippen molar-refractivity contribution in [1.29, 1.82) is 0 Å². The monoisotopic (exact) mass is 178 g/mol. The van der Waals surface area contributed by atoms with Crippen LogP contribution in [0.25, 0.3) is 0 Å². The predicted molar refractivity (Wildman–Crippen MR) is 48.1 cm³/mol. The number of rotatable bonds is 5. The minimum Gasteiger partial charge on any atom is -0.368 e. The van der Waals surface area contributed by atoms with Crippen LogP contribution in [-0.4, -0.2) is 43.2 Å². The maximum Gasteiger partial charge on any atom is 0.185 e. The molecule has 0 aromatic carbocycles. The quantitative estimate of drug-likeness (QED) is 0.318. The van der Waals surface area contributed by atoms with Crippen LogP contribution in [0.2, 0.25) is 0 Å². The van der Waals surface area contributed by atoms with Gasteiger partial charge < -0.3 is 14.2 Å². The zero-order chi connectivity index (χ0) is 7.40. The molecule has 4 heteroatoms. The van der Waals surface area contributed by atoms with Crippen LogP contribution in [0.5, 0.6) is 0 Å². The summed E-state index contributed by atoms with van der Waals surface area (Å²) in [5.74, 6) is 0. The molecule has 1 aliphatic heterocycles. The topological polar surface area (TPSA) is 31.0 Å². The Morgan fingerprint density at radius 1 is 1.36 bits per heavy atom. The first kappa shape index (κ1) is 11.1. The molecule has 1 rings (SSSR count). The average Bonchev–Trinajstić information content (AvgIpc) is 2.69. The molecular weight excluding hydrogens is 160 g/mol. The number of epoxide rings is 1. The molecule has 0 N–H and O–H groups in total. The van der Waals surface area contributed by atoms with Crippen molar-refractivity contribution in [2.24, 2.45) is 0 Å². The fourth-order valence-corrected chi connectivity index (χ4v) is 0.804. The second kappa shape index (κ2) is 5.71. The van der Waals surface area contributed by atoms with Crippen molar-refractivity contribution < 1.29 is 14.2 Å².